The molecular weight excluding hydrogens is 473 g/mol. The SMILES string of the molecule is CC(C)n1cc(-c2ccc(F)cc2)c(=O)c(C(=O)Cc2cnc(Oc3cccc(N)c3Cl)nc2)n1. The molecule has 0 spiro atoms. The Hall–Kier alpha value is -4.11. The summed E-state index contributed by atoms with van der Waals surface area (Å²) in [4.78, 5) is 34.4. The van der Waals surface area contributed by atoms with Crippen LogP contribution in [0.3, 0.4) is 0 Å². The molecule has 0 unspecified atom stereocenters. The molecule has 2 N–H and O–H groups in total. The van der Waals surface area contributed by atoms with Gasteiger partial charge in [-0.25, -0.2) is 14.4 Å². The van der Waals surface area contributed by atoms with E-state index in [-0.39, 0.29) is 34.8 Å². The molecule has 8 nitrogen and oxygen atoms in total. The average molecular weight is 494 g/mol. The third-order valence-corrected chi connectivity index (χ3v) is 5.53. The number of carbonyl (C=O) groups excluding carboxylic acids is 1. The number of anilines is 1. The Labute approximate surface area is 205 Å². The first-order valence-electron chi connectivity index (χ1n) is 10.7. The number of ether oxygens (including phenoxy) is 1. The van der Waals surface area contributed by atoms with E-state index in [9.17, 15) is 14.0 Å². The Kier molecular flexibility index (Phi) is 6.88. The third kappa shape index (κ3) is 5.36. The summed E-state index contributed by atoms with van der Waals surface area (Å²) >= 11 is 6.12. The molecule has 0 aliphatic carbocycles. The first kappa shape index (κ1) is 24.0. The minimum absolute atomic E-state index is 0.0206. The van der Waals surface area contributed by atoms with Gasteiger partial charge in [-0.1, -0.05) is 29.8 Å². The number of benzene rings is 2. The molecule has 0 radical (unpaired) electrons. The van der Waals surface area contributed by atoms with E-state index in [1.807, 2.05) is 13.8 Å². The van der Waals surface area contributed by atoms with E-state index >= 15 is 0 Å². The van der Waals surface area contributed by atoms with Crippen LogP contribution in [0.1, 0.15) is 35.9 Å². The number of hydrogen-bond acceptors (Lipinski definition) is 7. The Balaban J connectivity index is 1.59. The molecule has 0 atom stereocenters. The summed E-state index contributed by atoms with van der Waals surface area (Å²) in [7, 11) is 0. The van der Waals surface area contributed by atoms with Crippen LogP contribution < -0.4 is 15.9 Å². The number of aromatic nitrogens is 4. The van der Waals surface area contributed by atoms with E-state index in [0.29, 0.717) is 22.6 Å². The number of rotatable bonds is 7. The molecule has 0 aliphatic heterocycles. The van der Waals surface area contributed by atoms with Crippen LogP contribution in [0.5, 0.6) is 11.8 Å². The molecule has 2 aromatic heterocycles. The highest BCUT2D eigenvalue weighted by atomic mass is 35.5. The fraction of sp³-hybridized carbons (Fsp3) is 0.160. The van der Waals surface area contributed by atoms with Gasteiger partial charge in [-0.05, 0) is 49.2 Å². The lowest BCUT2D eigenvalue weighted by molar-refractivity contribution is 0.0984. The van der Waals surface area contributed by atoms with Crippen molar-refractivity contribution in [1.29, 1.82) is 0 Å². The maximum Gasteiger partial charge on any atom is 0.321 e. The van der Waals surface area contributed by atoms with Gasteiger partial charge in [-0.3, -0.25) is 14.3 Å². The summed E-state index contributed by atoms with van der Waals surface area (Å²) in [6.07, 6.45) is 4.26. The van der Waals surface area contributed by atoms with Gasteiger partial charge in [0, 0.05) is 36.6 Å². The number of nitrogens with zero attached hydrogens (tertiary/aromatic N) is 4. The topological polar surface area (TPSA) is 113 Å². The van der Waals surface area contributed by atoms with Gasteiger partial charge in [0.25, 0.3) is 0 Å². The fourth-order valence-corrected chi connectivity index (χ4v) is 3.42. The van der Waals surface area contributed by atoms with Gasteiger partial charge in [-0.2, -0.15) is 5.10 Å². The van der Waals surface area contributed by atoms with Gasteiger partial charge in [-0.15, -0.1) is 0 Å². The van der Waals surface area contributed by atoms with Crippen LogP contribution in [-0.2, 0) is 6.42 Å². The van der Waals surface area contributed by atoms with Gasteiger partial charge in [0.15, 0.2) is 17.2 Å². The zero-order chi connectivity index (χ0) is 25.1. The standard InChI is InChI=1S/C25H21ClFN5O3/c1-14(2)32-13-18(16-6-8-17(27)9-7-16)24(34)23(31-32)20(33)10-15-11-29-25(30-12-15)35-21-5-3-4-19(28)22(21)26/h3-9,11-14H,10,28H2,1-2H3. The number of nitrogens with two attached hydrogens (primary N) is 1. The predicted octanol–water partition coefficient (Wildman–Crippen LogP) is 4.87. The fourth-order valence-electron chi connectivity index (χ4n) is 3.25. The second kappa shape index (κ2) is 10.0. The van der Waals surface area contributed by atoms with Gasteiger partial charge in [0.1, 0.15) is 10.8 Å². The van der Waals surface area contributed by atoms with Crippen molar-refractivity contribution >= 4 is 23.1 Å². The first-order chi connectivity index (χ1) is 16.7. The van der Waals surface area contributed by atoms with Crippen molar-refractivity contribution in [2.24, 2.45) is 0 Å². The van der Waals surface area contributed by atoms with Crippen molar-refractivity contribution in [3.05, 3.63) is 93.4 Å². The monoisotopic (exact) mass is 493 g/mol. The van der Waals surface area contributed by atoms with Crippen molar-refractivity contribution in [2.45, 2.75) is 26.3 Å². The van der Waals surface area contributed by atoms with Gasteiger partial charge in [0.2, 0.25) is 5.43 Å². The molecule has 4 aromatic rings. The van der Waals surface area contributed by atoms with Gasteiger partial charge in [0.05, 0.1) is 5.69 Å². The predicted molar refractivity (Wildman–Crippen MR) is 130 cm³/mol. The summed E-state index contributed by atoms with van der Waals surface area (Å²) < 4.78 is 20.5. The Morgan fingerprint density at radius 2 is 1.83 bits per heavy atom. The van der Waals surface area contributed by atoms with Crippen LogP contribution in [0.15, 0.2) is 65.8 Å². The highest BCUT2D eigenvalue weighted by Gasteiger charge is 2.20. The van der Waals surface area contributed by atoms with Gasteiger partial charge < -0.3 is 10.5 Å². The molecule has 2 aromatic carbocycles. The lowest BCUT2D eigenvalue weighted by Gasteiger charge is -2.13. The molecular formula is C25H21ClFN5O3. The molecule has 2 heterocycles. The zero-order valence-electron chi connectivity index (χ0n) is 18.9. The molecule has 0 bridgehead atoms. The first-order valence-corrected chi connectivity index (χ1v) is 11.1. The molecule has 10 heteroatoms. The number of hydrogen-bond donors (Lipinski definition) is 1. The summed E-state index contributed by atoms with van der Waals surface area (Å²) in [5.41, 5.74) is 6.59. The Morgan fingerprint density at radius 1 is 1.14 bits per heavy atom. The maximum atomic E-state index is 13.4. The van der Waals surface area contributed by atoms with Crippen molar-refractivity contribution in [1.82, 2.24) is 19.7 Å². The molecule has 0 fully saturated rings. The smallest absolute Gasteiger partial charge is 0.321 e. The highest BCUT2D eigenvalue weighted by molar-refractivity contribution is 6.34. The van der Waals surface area contributed by atoms with E-state index in [0.717, 1.165) is 0 Å². The van der Waals surface area contributed by atoms with E-state index in [1.54, 1.807) is 24.4 Å². The number of ketones is 1. The molecule has 0 amide bonds. The van der Waals surface area contributed by atoms with Crippen LogP contribution in [0, 0.1) is 5.82 Å². The number of nitrogen functional groups attached to an aromatic ring is 1. The van der Waals surface area contributed by atoms with Crippen LogP contribution in [-0.4, -0.2) is 25.5 Å². The van der Waals surface area contributed by atoms with E-state index < -0.39 is 17.0 Å². The average Bonchev–Trinajstić information content (AvgIpc) is 2.84. The van der Waals surface area contributed by atoms with Crippen LogP contribution in [0.25, 0.3) is 11.1 Å². The summed E-state index contributed by atoms with van der Waals surface area (Å²) in [5.74, 6) is -0.621. The Morgan fingerprint density at radius 3 is 2.49 bits per heavy atom. The van der Waals surface area contributed by atoms with Crippen molar-refractivity contribution in [2.75, 3.05) is 5.73 Å². The molecule has 0 aliphatic rings. The minimum Gasteiger partial charge on any atom is -0.423 e. The molecule has 178 valence electrons. The normalized spacial score (nSPS) is 11.0. The van der Waals surface area contributed by atoms with Crippen molar-refractivity contribution < 1.29 is 13.9 Å². The number of halogens is 2. The van der Waals surface area contributed by atoms with Crippen LogP contribution in [0.2, 0.25) is 5.02 Å². The van der Waals surface area contributed by atoms with Crippen molar-refractivity contribution in [3.8, 4) is 22.9 Å². The number of Topliss-reactive ketones (excluding diaryl/α,β-unsaturated/α-hetero) is 1. The molecule has 35 heavy (non-hydrogen) atoms. The van der Waals surface area contributed by atoms with E-state index in [4.69, 9.17) is 22.1 Å². The van der Waals surface area contributed by atoms with Crippen LogP contribution >= 0.6 is 11.6 Å². The second-order valence-electron chi connectivity index (χ2n) is 8.04. The lowest BCUT2D eigenvalue weighted by atomic mass is 10.0. The highest BCUT2D eigenvalue weighted by Crippen LogP contribution is 2.32. The maximum absolute atomic E-state index is 13.4. The quantitative estimate of drug-likeness (QED) is 0.288. The summed E-state index contributed by atoms with van der Waals surface area (Å²) in [6.45, 7) is 3.75. The van der Waals surface area contributed by atoms with Gasteiger partial charge >= 0.3 is 6.01 Å². The minimum atomic E-state index is -0.532. The van der Waals surface area contributed by atoms with Crippen molar-refractivity contribution in [3.63, 3.8) is 0 Å². The molecule has 4 rings (SSSR count). The zero-order valence-corrected chi connectivity index (χ0v) is 19.7. The van der Waals surface area contributed by atoms with Crippen LogP contribution in [0.4, 0.5) is 10.1 Å². The second-order valence-corrected chi connectivity index (χ2v) is 8.41. The number of carbonyl (C=O) groups is 1. The van der Waals surface area contributed by atoms with E-state index in [2.05, 4.69) is 15.1 Å². The lowest BCUT2D eigenvalue weighted by Crippen LogP contribution is -2.25. The Bertz CT molecular complexity index is 1440. The van der Waals surface area contributed by atoms with E-state index in [1.165, 1.54) is 41.3 Å². The summed E-state index contributed by atoms with van der Waals surface area (Å²) in [5, 5.41) is 4.49. The summed E-state index contributed by atoms with van der Waals surface area (Å²) in [6, 6.07) is 10.3. The molecule has 0 saturated carbocycles. The molecule has 0 saturated heterocycles. The third-order valence-electron chi connectivity index (χ3n) is 5.13. The largest absolute Gasteiger partial charge is 0.423 e.